The number of aryl methyl sites for hydroxylation is 1. The van der Waals surface area contributed by atoms with Gasteiger partial charge in [-0.3, -0.25) is 4.90 Å². The summed E-state index contributed by atoms with van der Waals surface area (Å²) >= 11 is 0. The van der Waals surface area contributed by atoms with Crippen molar-refractivity contribution < 1.29 is 0 Å². The first-order chi connectivity index (χ1) is 10.5. The molecular weight excluding hydrogens is 270 g/mol. The lowest BCUT2D eigenvalue weighted by Crippen LogP contribution is -2.13. The molecule has 2 heterocycles. The van der Waals surface area contributed by atoms with Crippen LogP contribution in [0.1, 0.15) is 42.7 Å². The number of nitrogens with two attached hydrogens (primary N) is 1. The monoisotopic (exact) mass is 299 g/mol. The van der Waals surface area contributed by atoms with Gasteiger partial charge in [-0.15, -0.1) is 0 Å². The van der Waals surface area contributed by atoms with Gasteiger partial charge in [-0.1, -0.05) is 13.8 Å². The van der Waals surface area contributed by atoms with Gasteiger partial charge in [0, 0.05) is 36.2 Å². The second-order valence-corrected chi connectivity index (χ2v) is 7.07. The maximum absolute atomic E-state index is 5.87. The Labute approximate surface area is 134 Å². The molecule has 22 heavy (non-hydrogen) atoms. The summed E-state index contributed by atoms with van der Waals surface area (Å²) in [7, 11) is 2.20. The van der Waals surface area contributed by atoms with Crippen LogP contribution in [0.15, 0.2) is 12.1 Å². The van der Waals surface area contributed by atoms with E-state index in [0.29, 0.717) is 5.92 Å². The molecule has 2 aromatic rings. The molecule has 1 unspecified atom stereocenters. The van der Waals surface area contributed by atoms with Crippen LogP contribution in [0.2, 0.25) is 0 Å². The van der Waals surface area contributed by atoms with Crippen molar-refractivity contribution in [2.75, 3.05) is 13.6 Å². The third-order valence-electron chi connectivity index (χ3n) is 5.06. The van der Waals surface area contributed by atoms with Crippen molar-refractivity contribution in [2.45, 2.75) is 53.2 Å². The molecule has 1 aliphatic rings. The van der Waals surface area contributed by atoms with Crippen molar-refractivity contribution in [1.29, 1.82) is 0 Å². The van der Waals surface area contributed by atoms with Gasteiger partial charge in [0.05, 0.1) is 0 Å². The minimum Gasteiger partial charge on any atom is -0.345 e. The average molecular weight is 299 g/mol. The zero-order chi connectivity index (χ0) is 15.9. The molecule has 1 aromatic carbocycles. The number of fused-ring (bicyclic) bond motifs is 2. The van der Waals surface area contributed by atoms with Gasteiger partial charge in [0.1, 0.15) is 0 Å². The third kappa shape index (κ3) is 2.57. The molecule has 2 N–H and O–H groups in total. The van der Waals surface area contributed by atoms with Gasteiger partial charge in [0.2, 0.25) is 0 Å². The second-order valence-electron chi connectivity index (χ2n) is 7.07. The molecule has 0 spiro atoms. The fourth-order valence-electron chi connectivity index (χ4n) is 3.81. The van der Waals surface area contributed by atoms with Gasteiger partial charge in [-0.2, -0.15) is 0 Å². The predicted molar refractivity (Wildman–Crippen MR) is 94.1 cm³/mol. The van der Waals surface area contributed by atoms with E-state index in [2.05, 4.69) is 49.4 Å². The van der Waals surface area contributed by atoms with Crippen molar-refractivity contribution >= 4 is 10.9 Å². The largest absolute Gasteiger partial charge is 0.345 e. The van der Waals surface area contributed by atoms with Crippen LogP contribution >= 0.6 is 0 Å². The second kappa shape index (κ2) is 6.05. The van der Waals surface area contributed by atoms with E-state index in [0.717, 1.165) is 32.6 Å². The van der Waals surface area contributed by atoms with E-state index in [1.54, 1.807) is 0 Å². The van der Waals surface area contributed by atoms with Crippen LogP contribution in [0.3, 0.4) is 0 Å². The number of nitrogens with zero attached hydrogens (tertiary/aromatic N) is 2. The van der Waals surface area contributed by atoms with Gasteiger partial charge in [-0.25, -0.2) is 0 Å². The van der Waals surface area contributed by atoms with Gasteiger partial charge < -0.3 is 10.3 Å². The lowest BCUT2D eigenvalue weighted by molar-refractivity contribution is 0.353. The summed E-state index contributed by atoms with van der Waals surface area (Å²) < 4.78 is 2.52. The van der Waals surface area contributed by atoms with Gasteiger partial charge in [-0.05, 0) is 68.1 Å². The van der Waals surface area contributed by atoms with Crippen LogP contribution in [0.25, 0.3) is 10.9 Å². The fraction of sp³-hybridized carbons (Fsp3) is 0.579. The summed E-state index contributed by atoms with van der Waals surface area (Å²) in [6.45, 7) is 10.8. The first kappa shape index (κ1) is 15.6. The number of benzene rings is 1. The van der Waals surface area contributed by atoms with E-state index in [4.69, 9.17) is 5.73 Å². The van der Waals surface area contributed by atoms with Crippen molar-refractivity contribution in [3.8, 4) is 0 Å². The molecule has 120 valence electrons. The van der Waals surface area contributed by atoms with E-state index < -0.39 is 0 Å². The number of rotatable bonds is 5. The molecule has 1 atom stereocenters. The molecule has 0 fully saturated rings. The van der Waals surface area contributed by atoms with E-state index in [1.165, 1.54) is 39.7 Å². The maximum Gasteiger partial charge on any atom is 0.0488 e. The molecular formula is C19H29N3. The maximum atomic E-state index is 5.87. The standard InChI is InChI=1S/C19H29N3/c1-5-6-22-14(3)17(7-13(2)10-20)18-8-15-11-21(4)12-16(15)9-19(18)22/h8-9,13H,5-7,10-12,20H2,1-4H3. The molecule has 3 rings (SSSR count). The Morgan fingerprint density at radius 1 is 1.23 bits per heavy atom. The highest BCUT2D eigenvalue weighted by atomic mass is 15.1. The Balaban J connectivity index is 2.17. The molecule has 1 aliphatic heterocycles. The molecule has 0 saturated heterocycles. The van der Waals surface area contributed by atoms with Crippen LogP contribution in [0.4, 0.5) is 0 Å². The highest BCUT2D eigenvalue weighted by Crippen LogP contribution is 2.33. The SMILES string of the molecule is CCCn1c(C)c(CC(C)CN)c2cc3c(cc21)CN(C)C3. The molecule has 1 aromatic heterocycles. The fourth-order valence-corrected chi connectivity index (χ4v) is 3.81. The van der Waals surface area contributed by atoms with Crippen LogP contribution in [-0.2, 0) is 26.1 Å². The Morgan fingerprint density at radius 3 is 2.55 bits per heavy atom. The van der Waals surface area contributed by atoms with Crippen LogP contribution in [-0.4, -0.2) is 23.1 Å². The highest BCUT2D eigenvalue weighted by molar-refractivity contribution is 5.87. The molecule has 0 aliphatic carbocycles. The first-order valence-electron chi connectivity index (χ1n) is 8.57. The molecule has 0 bridgehead atoms. The smallest absolute Gasteiger partial charge is 0.0488 e. The molecule has 3 nitrogen and oxygen atoms in total. The normalized spacial score (nSPS) is 16.4. The summed E-state index contributed by atoms with van der Waals surface area (Å²) in [5, 5.41) is 1.46. The van der Waals surface area contributed by atoms with Gasteiger partial charge >= 0.3 is 0 Å². The van der Waals surface area contributed by atoms with Crippen LogP contribution in [0, 0.1) is 12.8 Å². The Hall–Kier alpha value is -1.32. The van der Waals surface area contributed by atoms with Gasteiger partial charge in [0.15, 0.2) is 0 Å². The molecule has 3 heteroatoms. The number of hydrogen-bond donors (Lipinski definition) is 1. The van der Waals surface area contributed by atoms with E-state index >= 15 is 0 Å². The summed E-state index contributed by atoms with van der Waals surface area (Å²) in [6, 6.07) is 4.89. The average Bonchev–Trinajstić information content (AvgIpc) is 2.97. The lowest BCUT2D eigenvalue weighted by atomic mass is 9.97. The van der Waals surface area contributed by atoms with Crippen molar-refractivity contribution in [3.63, 3.8) is 0 Å². The Morgan fingerprint density at radius 2 is 1.91 bits per heavy atom. The minimum absolute atomic E-state index is 0.537. The minimum atomic E-state index is 0.537. The number of hydrogen-bond acceptors (Lipinski definition) is 2. The summed E-state index contributed by atoms with van der Waals surface area (Å²) in [5.74, 6) is 0.537. The van der Waals surface area contributed by atoms with E-state index in [1.807, 2.05) is 0 Å². The quantitative estimate of drug-likeness (QED) is 0.917. The third-order valence-corrected chi connectivity index (χ3v) is 5.06. The summed E-state index contributed by atoms with van der Waals surface area (Å²) in [4.78, 5) is 2.39. The Kier molecular flexibility index (Phi) is 4.28. The lowest BCUT2D eigenvalue weighted by Gasteiger charge is -2.10. The molecule has 0 saturated carbocycles. The van der Waals surface area contributed by atoms with Crippen LogP contribution < -0.4 is 5.73 Å². The number of aromatic nitrogens is 1. The van der Waals surface area contributed by atoms with E-state index in [-0.39, 0.29) is 0 Å². The summed E-state index contributed by atoms with van der Waals surface area (Å²) in [6.07, 6.45) is 2.26. The molecule has 0 radical (unpaired) electrons. The van der Waals surface area contributed by atoms with Crippen LogP contribution in [0.5, 0.6) is 0 Å². The van der Waals surface area contributed by atoms with Crippen molar-refractivity contribution in [1.82, 2.24) is 9.47 Å². The zero-order valence-electron chi connectivity index (χ0n) is 14.4. The van der Waals surface area contributed by atoms with Crippen molar-refractivity contribution in [3.05, 3.63) is 34.5 Å². The zero-order valence-corrected chi connectivity index (χ0v) is 14.4. The Bertz CT molecular complexity index is 684. The molecule has 0 amide bonds. The topological polar surface area (TPSA) is 34.2 Å². The van der Waals surface area contributed by atoms with E-state index in [9.17, 15) is 0 Å². The summed E-state index contributed by atoms with van der Waals surface area (Å²) in [5.41, 5.74) is 13.3. The first-order valence-corrected chi connectivity index (χ1v) is 8.57. The van der Waals surface area contributed by atoms with Crippen molar-refractivity contribution in [2.24, 2.45) is 11.7 Å². The highest BCUT2D eigenvalue weighted by Gasteiger charge is 2.21. The van der Waals surface area contributed by atoms with Gasteiger partial charge in [0.25, 0.3) is 0 Å². The predicted octanol–water partition coefficient (Wildman–Crippen LogP) is 3.44.